The van der Waals surface area contributed by atoms with E-state index in [0.29, 0.717) is 11.5 Å². The Balaban J connectivity index is 1.20. The number of aryl methyl sites for hydroxylation is 2. The minimum Gasteiger partial charge on any atom is -0.370 e. The van der Waals surface area contributed by atoms with Crippen LogP contribution in [0.5, 0.6) is 0 Å². The van der Waals surface area contributed by atoms with Gasteiger partial charge in [0.1, 0.15) is 23.4 Å². The van der Waals surface area contributed by atoms with Crippen LogP contribution in [0.1, 0.15) is 42.8 Å². The second-order valence-corrected chi connectivity index (χ2v) is 8.06. The molecule has 0 aromatic carbocycles. The fourth-order valence-corrected chi connectivity index (χ4v) is 4.36. The van der Waals surface area contributed by atoms with Crippen LogP contribution in [0.4, 0.5) is 11.8 Å². The number of nitrogens with one attached hydrogen (secondary N) is 1. The molecule has 2 aromatic rings. The third-order valence-electron chi connectivity index (χ3n) is 5.95. The Bertz CT molecular complexity index is 850. The van der Waals surface area contributed by atoms with Gasteiger partial charge in [-0.3, -0.25) is 0 Å². The normalized spacial score (nSPS) is 22.0. The zero-order valence-corrected chi connectivity index (χ0v) is 16.6. The first kappa shape index (κ1) is 18.6. The van der Waals surface area contributed by atoms with E-state index >= 15 is 0 Å². The zero-order valence-electron chi connectivity index (χ0n) is 16.6. The van der Waals surface area contributed by atoms with Crippen molar-refractivity contribution >= 4 is 11.8 Å². The summed E-state index contributed by atoms with van der Waals surface area (Å²) < 4.78 is 0. The van der Waals surface area contributed by atoms with Crippen molar-refractivity contribution in [3.8, 4) is 6.07 Å². The molecule has 7 nitrogen and oxygen atoms in total. The maximum absolute atomic E-state index is 9.01. The van der Waals surface area contributed by atoms with Gasteiger partial charge >= 0.3 is 0 Å². The van der Waals surface area contributed by atoms with E-state index < -0.39 is 0 Å². The Labute approximate surface area is 166 Å². The topological polar surface area (TPSA) is 90.6 Å². The minimum atomic E-state index is 0.420. The number of aromatic nitrogens is 4. The lowest BCUT2D eigenvalue weighted by atomic mass is 9.90. The number of hydrogen-bond acceptors (Lipinski definition) is 7. The number of nitrogens with zero attached hydrogens (tertiary/aromatic N) is 6. The monoisotopic (exact) mass is 377 g/mol. The van der Waals surface area contributed by atoms with E-state index in [1.165, 1.54) is 19.3 Å². The fraction of sp³-hybridized carbons (Fsp3) is 0.571. The third kappa shape index (κ3) is 4.38. The molecule has 0 radical (unpaired) electrons. The number of hydrogen-bond donors (Lipinski definition) is 1. The minimum absolute atomic E-state index is 0.420. The first-order chi connectivity index (χ1) is 13.6. The van der Waals surface area contributed by atoms with Crippen molar-refractivity contribution in [2.75, 3.05) is 29.9 Å². The van der Waals surface area contributed by atoms with Gasteiger partial charge in [-0.25, -0.2) is 19.9 Å². The van der Waals surface area contributed by atoms with Crippen LogP contribution >= 0.6 is 0 Å². The summed E-state index contributed by atoms with van der Waals surface area (Å²) in [6.45, 7) is 6.86. The lowest BCUT2D eigenvalue weighted by Gasteiger charge is -2.32. The van der Waals surface area contributed by atoms with E-state index in [-0.39, 0.29) is 0 Å². The van der Waals surface area contributed by atoms with Crippen LogP contribution in [-0.2, 0) is 0 Å². The number of piperidine rings is 1. The molecule has 2 aromatic heterocycles. The van der Waals surface area contributed by atoms with Crippen LogP contribution in [-0.4, -0.2) is 39.6 Å². The Morgan fingerprint density at radius 1 is 1.18 bits per heavy atom. The highest BCUT2D eigenvalue weighted by Crippen LogP contribution is 2.49. The van der Waals surface area contributed by atoms with Crippen molar-refractivity contribution in [2.24, 2.45) is 17.8 Å². The summed E-state index contributed by atoms with van der Waals surface area (Å²) in [5.74, 6) is 4.78. The van der Waals surface area contributed by atoms with Crippen molar-refractivity contribution in [1.82, 2.24) is 19.9 Å². The van der Waals surface area contributed by atoms with E-state index in [2.05, 4.69) is 36.2 Å². The molecule has 0 spiro atoms. The maximum Gasteiger partial charge on any atom is 0.225 e. The molecule has 28 heavy (non-hydrogen) atoms. The largest absolute Gasteiger partial charge is 0.370 e. The highest BCUT2D eigenvalue weighted by molar-refractivity contribution is 5.39. The Morgan fingerprint density at radius 3 is 2.64 bits per heavy atom. The highest BCUT2D eigenvalue weighted by atomic mass is 15.2. The van der Waals surface area contributed by atoms with Crippen LogP contribution in [0.2, 0.25) is 0 Å². The van der Waals surface area contributed by atoms with Gasteiger partial charge in [-0.2, -0.15) is 5.26 Å². The average molecular weight is 377 g/mol. The third-order valence-corrected chi connectivity index (χ3v) is 5.95. The summed E-state index contributed by atoms with van der Waals surface area (Å²) >= 11 is 0. The highest BCUT2D eigenvalue weighted by Gasteiger charge is 2.43. The van der Waals surface area contributed by atoms with E-state index in [1.807, 2.05) is 26.2 Å². The standard InChI is InChI=1S/C21H27N7/c1-14-12-24-21(25-13-14)28-7-4-16(5-8-28)19-9-17(19)3-6-23-20-10-18(11-22)26-15(2)27-20/h10,12-13,16-17,19H,3-9H2,1-2H3,(H,23,26,27). The van der Waals surface area contributed by atoms with E-state index in [9.17, 15) is 0 Å². The summed E-state index contributed by atoms with van der Waals surface area (Å²) in [6, 6.07) is 3.81. The SMILES string of the molecule is Cc1cnc(N2CCC(C3CC3CCNc3cc(C#N)nc(C)n3)CC2)nc1. The lowest BCUT2D eigenvalue weighted by molar-refractivity contribution is 0.343. The molecular weight excluding hydrogens is 350 g/mol. The second-order valence-electron chi connectivity index (χ2n) is 8.06. The predicted octanol–water partition coefficient (Wildman–Crippen LogP) is 3.11. The van der Waals surface area contributed by atoms with Gasteiger partial charge in [-0.15, -0.1) is 0 Å². The van der Waals surface area contributed by atoms with Crippen molar-refractivity contribution in [3.63, 3.8) is 0 Å². The van der Waals surface area contributed by atoms with Crippen molar-refractivity contribution in [3.05, 3.63) is 35.5 Å². The molecule has 1 aliphatic carbocycles. The van der Waals surface area contributed by atoms with Crippen LogP contribution in [0.25, 0.3) is 0 Å². The zero-order chi connectivity index (χ0) is 19.5. The number of anilines is 2. The van der Waals surface area contributed by atoms with Gasteiger partial charge in [0.05, 0.1) is 0 Å². The van der Waals surface area contributed by atoms with E-state index in [4.69, 9.17) is 5.26 Å². The summed E-state index contributed by atoms with van der Waals surface area (Å²) in [6.07, 6.45) is 8.79. The molecule has 2 atom stereocenters. The van der Waals surface area contributed by atoms with Crippen LogP contribution in [0, 0.1) is 42.9 Å². The smallest absolute Gasteiger partial charge is 0.225 e. The Morgan fingerprint density at radius 2 is 1.93 bits per heavy atom. The molecule has 1 saturated heterocycles. The molecule has 0 amide bonds. The van der Waals surface area contributed by atoms with E-state index in [0.717, 1.165) is 61.1 Å². The summed E-state index contributed by atoms with van der Waals surface area (Å²) in [7, 11) is 0. The quantitative estimate of drug-likeness (QED) is 0.827. The van der Waals surface area contributed by atoms with Crippen LogP contribution in [0.3, 0.4) is 0 Å². The van der Waals surface area contributed by atoms with Crippen LogP contribution < -0.4 is 10.2 Å². The molecule has 2 fully saturated rings. The van der Waals surface area contributed by atoms with Gasteiger partial charge in [0.2, 0.25) is 5.95 Å². The van der Waals surface area contributed by atoms with Gasteiger partial charge in [0, 0.05) is 38.1 Å². The van der Waals surface area contributed by atoms with Crippen molar-refractivity contribution < 1.29 is 0 Å². The van der Waals surface area contributed by atoms with E-state index in [1.54, 1.807) is 6.07 Å². The average Bonchev–Trinajstić information content (AvgIpc) is 3.48. The predicted molar refractivity (Wildman–Crippen MR) is 108 cm³/mol. The number of nitriles is 1. The van der Waals surface area contributed by atoms with Gasteiger partial charge in [-0.1, -0.05) is 0 Å². The second kappa shape index (κ2) is 8.09. The van der Waals surface area contributed by atoms with Gasteiger partial charge in [0.15, 0.2) is 0 Å². The molecular formula is C21H27N7. The van der Waals surface area contributed by atoms with Gasteiger partial charge < -0.3 is 10.2 Å². The molecule has 3 heterocycles. The first-order valence-corrected chi connectivity index (χ1v) is 10.2. The van der Waals surface area contributed by atoms with Crippen molar-refractivity contribution in [2.45, 2.75) is 39.5 Å². The van der Waals surface area contributed by atoms with Gasteiger partial charge in [0.25, 0.3) is 0 Å². The van der Waals surface area contributed by atoms with Crippen molar-refractivity contribution in [1.29, 1.82) is 5.26 Å². The molecule has 2 unspecified atom stereocenters. The summed E-state index contributed by atoms with van der Waals surface area (Å²) in [5, 5.41) is 12.4. The van der Waals surface area contributed by atoms with Gasteiger partial charge in [-0.05, 0) is 62.8 Å². The lowest BCUT2D eigenvalue weighted by Crippen LogP contribution is -2.35. The molecule has 7 heteroatoms. The maximum atomic E-state index is 9.01. The Hall–Kier alpha value is -2.75. The first-order valence-electron chi connectivity index (χ1n) is 10.2. The molecule has 0 bridgehead atoms. The molecule has 2 aliphatic rings. The number of rotatable bonds is 6. The molecule has 1 saturated carbocycles. The molecule has 1 N–H and O–H groups in total. The Kier molecular flexibility index (Phi) is 5.38. The molecule has 4 rings (SSSR count). The van der Waals surface area contributed by atoms with Crippen LogP contribution in [0.15, 0.2) is 18.5 Å². The molecule has 146 valence electrons. The molecule has 1 aliphatic heterocycles. The fourth-order valence-electron chi connectivity index (χ4n) is 4.36. The summed E-state index contributed by atoms with van der Waals surface area (Å²) in [5.41, 5.74) is 1.53. The summed E-state index contributed by atoms with van der Waals surface area (Å²) in [4.78, 5) is 19.7.